The second kappa shape index (κ2) is 8.93. The van der Waals surface area contributed by atoms with Gasteiger partial charge in [0.1, 0.15) is 0 Å². The van der Waals surface area contributed by atoms with Gasteiger partial charge in [-0.3, -0.25) is 0 Å². The van der Waals surface area contributed by atoms with Gasteiger partial charge in [0.05, 0.1) is 17.9 Å². The second-order valence-corrected chi connectivity index (χ2v) is 7.34. The molecule has 3 rings (SSSR count). The summed E-state index contributed by atoms with van der Waals surface area (Å²) in [4.78, 5) is 14.1. The van der Waals surface area contributed by atoms with Gasteiger partial charge in [-0.25, -0.2) is 9.48 Å². The van der Waals surface area contributed by atoms with Crippen LogP contribution in [-0.2, 0) is 6.54 Å². The van der Waals surface area contributed by atoms with Gasteiger partial charge in [-0.1, -0.05) is 48.9 Å². The van der Waals surface area contributed by atoms with Crippen molar-refractivity contribution in [1.29, 1.82) is 0 Å². The van der Waals surface area contributed by atoms with Gasteiger partial charge in [-0.2, -0.15) is 5.10 Å². The van der Waals surface area contributed by atoms with E-state index in [9.17, 15) is 4.79 Å². The van der Waals surface area contributed by atoms with Crippen LogP contribution in [0.25, 0.3) is 16.9 Å². The van der Waals surface area contributed by atoms with Gasteiger partial charge in [-0.15, -0.1) is 0 Å². The van der Waals surface area contributed by atoms with Crippen LogP contribution in [0.1, 0.15) is 25.8 Å². The fourth-order valence-corrected chi connectivity index (χ4v) is 2.97. The van der Waals surface area contributed by atoms with Gasteiger partial charge in [-0.05, 0) is 37.6 Å². The summed E-state index contributed by atoms with van der Waals surface area (Å²) in [7, 11) is 1.79. The maximum atomic E-state index is 12.5. The minimum atomic E-state index is -0.0936. The van der Waals surface area contributed by atoms with Gasteiger partial charge in [0.2, 0.25) is 0 Å². The Bertz CT molecular complexity index is 921. The SMILES string of the molecule is CC[C@@H](C)NC(=O)N(C)Cc1cn(-c2ccccc2)nc1-c1ccc(Cl)cc1. The summed E-state index contributed by atoms with van der Waals surface area (Å²) in [6.45, 7) is 4.50. The van der Waals surface area contributed by atoms with E-state index in [-0.39, 0.29) is 12.1 Å². The smallest absolute Gasteiger partial charge is 0.317 e. The highest BCUT2D eigenvalue weighted by atomic mass is 35.5. The molecule has 0 radical (unpaired) electrons. The van der Waals surface area contributed by atoms with Gasteiger partial charge in [0.25, 0.3) is 0 Å². The molecule has 0 aliphatic rings. The summed E-state index contributed by atoms with van der Waals surface area (Å²) >= 11 is 6.04. The molecule has 0 saturated heterocycles. The number of para-hydroxylation sites is 1. The molecule has 2 aromatic carbocycles. The third-order valence-corrected chi connectivity index (χ3v) is 4.92. The Morgan fingerprint density at radius 2 is 1.86 bits per heavy atom. The summed E-state index contributed by atoms with van der Waals surface area (Å²) in [5.74, 6) is 0. The largest absolute Gasteiger partial charge is 0.336 e. The molecule has 0 fully saturated rings. The van der Waals surface area contributed by atoms with E-state index in [4.69, 9.17) is 16.7 Å². The first kappa shape index (κ1) is 20.0. The molecule has 1 atom stereocenters. The van der Waals surface area contributed by atoms with Crippen molar-refractivity contribution in [2.75, 3.05) is 7.05 Å². The quantitative estimate of drug-likeness (QED) is 0.627. The van der Waals surface area contributed by atoms with E-state index in [0.717, 1.165) is 28.9 Å². The van der Waals surface area contributed by atoms with Gasteiger partial charge < -0.3 is 10.2 Å². The molecule has 2 amide bonds. The molecule has 6 heteroatoms. The Kier molecular flexibility index (Phi) is 6.37. The first-order chi connectivity index (χ1) is 13.5. The predicted octanol–water partition coefficient (Wildman–Crippen LogP) is 5.13. The van der Waals surface area contributed by atoms with Crippen LogP contribution in [0.5, 0.6) is 0 Å². The molecule has 0 saturated carbocycles. The number of carbonyl (C=O) groups is 1. The van der Waals surface area contributed by atoms with Crippen LogP contribution < -0.4 is 5.32 Å². The number of carbonyl (C=O) groups excluding carboxylic acids is 1. The van der Waals surface area contributed by atoms with Crippen LogP contribution in [-0.4, -0.2) is 33.8 Å². The van der Waals surface area contributed by atoms with Crippen LogP contribution in [0, 0.1) is 0 Å². The van der Waals surface area contributed by atoms with Crippen molar-refractivity contribution in [3.8, 4) is 16.9 Å². The zero-order valence-corrected chi connectivity index (χ0v) is 17.1. The van der Waals surface area contributed by atoms with Crippen LogP contribution >= 0.6 is 11.6 Å². The lowest BCUT2D eigenvalue weighted by molar-refractivity contribution is 0.203. The predicted molar refractivity (Wildman–Crippen MR) is 114 cm³/mol. The van der Waals surface area contributed by atoms with E-state index in [1.54, 1.807) is 11.9 Å². The second-order valence-electron chi connectivity index (χ2n) is 6.90. The molecule has 0 spiro atoms. The summed E-state index contributed by atoms with van der Waals surface area (Å²) in [5, 5.41) is 8.46. The fourth-order valence-electron chi connectivity index (χ4n) is 2.84. The lowest BCUT2D eigenvalue weighted by Gasteiger charge is -2.20. The number of hydrogen-bond donors (Lipinski definition) is 1. The normalized spacial score (nSPS) is 11.9. The Balaban J connectivity index is 1.93. The number of urea groups is 1. The van der Waals surface area contributed by atoms with Crippen molar-refractivity contribution in [2.24, 2.45) is 0 Å². The molecule has 1 aromatic heterocycles. The number of nitrogens with one attached hydrogen (secondary N) is 1. The van der Waals surface area contributed by atoms with Gasteiger partial charge in [0.15, 0.2) is 0 Å². The zero-order valence-electron chi connectivity index (χ0n) is 16.4. The Morgan fingerprint density at radius 1 is 1.18 bits per heavy atom. The average Bonchev–Trinajstić information content (AvgIpc) is 3.12. The van der Waals surface area contributed by atoms with Crippen LogP contribution in [0.3, 0.4) is 0 Å². The van der Waals surface area contributed by atoms with E-state index >= 15 is 0 Å². The van der Waals surface area contributed by atoms with E-state index in [0.29, 0.717) is 11.6 Å². The van der Waals surface area contributed by atoms with Crippen molar-refractivity contribution in [1.82, 2.24) is 20.0 Å². The maximum Gasteiger partial charge on any atom is 0.317 e. The van der Waals surface area contributed by atoms with Crippen molar-refractivity contribution < 1.29 is 4.79 Å². The summed E-state index contributed by atoms with van der Waals surface area (Å²) in [6.07, 6.45) is 2.87. The molecule has 1 N–H and O–H groups in total. The van der Waals surface area contributed by atoms with Crippen molar-refractivity contribution in [2.45, 2.75) is 32.9 Å². The summed E-state index contributed by atoms with van der Waals surface area (Å²) in [5.41, 5.74) is 3.73. The molecule has 1 heterocycles. The number of hydrogen-bond acceptors (Lipinski definition) is 2. The minimum absolute atomic E-state index is 0.0936. The van der Waals surface area contributed by atoms with E-state index < -0.39 is 0 Å². The lowest BCUT2D eigenvalue weighted by atomic mass is 10.1. The lowest BCUT2D eigenvalue weighted by Crippen LogP contribution is -2.41. The molecular weight excluding hydrogens is 372 g/mol. The minimum Gasteiger partial charge on any atom is -0.336 e. The first-order valence-electron chi connectivity index (χ1n) is 9.39. The third-order valence-electron chi connectivity index (χ3n) is 4.66. The highest BCUT2D eigenvalue weighted by molar-refractivity contribution is 6.30. The van der Waals surface area contributed by atoms with Crippen LogP contribution in [0.15, 0.2) is 60.8 Å². The van der Waals surface area contributed by atoms with E-state index in [1.807, 2.05) is 79.3 Å². The van der Waals surface area contributed by atoms with Gasteiger partial charge in [0, 0.05) is 35.4 Å². The Labute approximate surface area is 170 Å². The highest BCUT2D eigenvalue weighted by Crippen LogP contribution is 2.26. The fraction of sp³-hybridized carbons (Fsp3) is 0.273. The number of amides is 2. The molecule has 5 nitrogen and oxygen atoms in total. The highest BCUT2D eigenvalue weighted by Gasteiger charge is 2.17. The van der Waals surface area contributed by atoms with E-state index in [1.165, 1.54) is 0 Å². The molecule has 0 aliphatic heterocycles. The topological polar surface area (TPSA) is 50.2 Å². The molecule has 146 valence electrons. The molecule has 3 aromatic rings. The zero-order chi connectivity index (χ0) is 20.1. The van der Waals surface area contributed by atoms with Crippen LogP contribution in [0.2, 0.25) is 5.02 Å². The third kappa shape index (κ3) is 4.73. The van der Waals surface area contributed by atoms with Crippen LogP contribution in [0.4, 0.5) is 4.79 Å². The standard InChI is InChI=1S/C22H25ClN4O/c1-4-16(2)24-22(28)26(3)14-18-15-27(20-8-6-5-7-9-20)25-21(18)17-10-12-19(23)13-11-17/h5-13,15-16H,4,14H2,1-3H3,(H,24,28)/t16-/m1/s1. The number of halogens is 1. The van der Waals surface area contributed by atoms with E-state index in [2.05, 4.69) is 5.32 Å². The molecule has 0 aliphatic carbocycles. The van der Waals surface area contributed by atoms with Crippen molar-refractivity contribution >= 4 is 17.6 Å². The first-order valence-corrected chi connectivity index (χ1v) is 9.77. The molecule has 0 unspecified atom stereocenters. The molecular formula is C22H25ClN4O. The maximum absolute atomic E-state index is 12.5. The monoisotopic (exact) mass is 396 g/mol. The Hall–Kier alpha value is -2.79. The number of benzene rings is 2. The number of rotatable bonds is 6. The number of nitrogens with zero attached hydrogens (tertiary/aromatic N) is 3. The molecule has 28 heavy (non-hydrogen) atoms. The number of aromatic nitrogens is 2. The summed E-state index contributed by atoms with van der Waals surface area (Å²) < 4.78 is 1.85. The molecule has 0 bridgehead atoms. The van der Waals surface area contributed by atoms with Crippen molar-refractivity contribution in [3.05, 3.63) is 71.4 Å². The Morgan fingerprint density at radius 3 is 2.50 bits per heavy atom. The average molecular weight is 397 g/mol. The van der Waals surface area contributed by atoms with Crippen molar-refractivity contribution in [3.63, 3.8) is 0 Å². The van der Waals surface area contributed by atoms with Gasteiger partial charge >= 0.3 is 6.03 Å². The summed E-state index contributed by atoms with van der Waals surface area (Å²) in [6, 6.07) is 17.6.